The normalized spacial score (nSPS) is 18.0. The van der Waals surface area contributed by atoms with Crippen molar-refractivity contribution >= 4 is 0 Å². The number of aliphatic hydroxyl groups is 1. The van der Waals surface area contributed by atoms with Crippen molar-refractivity contribution in [3.05, 3.63) is 23.5 Å². The summed E-state index contributed by atoms with van der Waals surface area (Å²) in [6.07, 6.45) is 9.23. The number of nitrogens with two attached hydrogens (primary N) is 1. The number of rotatable bonds is 7. The van der Waals surface area contributed by atoms with E-state index < -0.39 is 5.54 Å². The van der Waals surface area contributed by atoms with E-state index in [2.05, 4.69) is 28.5 Å². The molecule has 1 heterocycles. The molecular formula is C20H32N2O2. The van der Waals surface area contributed by atoms with Crippen molar-refractivity contribution in [2.75, 3.05) is 13.2 Å². The molecule has 4 nitrogen and oxygen atoms in total. The molecule has 1 atom stereocenters. The number of aromatic nitrogens is 1. The summed E-state index contributed by atoms with van der Waals surface area (Å²) in [5.74, 6) is 6.45. The van der Waals surface area contributed by atoms with Crippen molar-refractivity contribution in [1.29, 1.82) is 0 Å². The molecule has 0 bridgehead atoms. The predicted octanol–water partition coefficient (Wildman–Crippen LogP) is 2.76. The van der Waals surface area contributed by atoms with Crippen LogP contribution < -0.4 is 5.73 Å². The van der Waals surface area contributed by atoms with Crippen LogP contribution in [0.5, 0.6) is 0 Å². The molecule has 4 heteroatoms. The molecule has 0 radical (unpaired) electrons. The fraction of sp³-hybridized carbons (Fsp3) is 0.700. The molecule has 1 aromatic heterocycles. The Morgan fingerprint density at radius 2 is 2.08 bits per heavy atom. The molecule has 0 aliphatic heterocycles. The van der Waals surface area contributed by atoms with Gasteiger partial charge in [-0.2, -0.15) is 0 Å². The lowest BCUT2D eigenvalue weighted by Crippen LogP contribution is -2.40. The van der Waals surface area contributed by atoms with Crippen LogP contribution in [0.4, 0.5) is 0 Å². The highest BCUT2D eigenvalue weighted by Crippen LogP contribution is 2.20. The lowest BCUT2D eigenvalue weighted by atomic mass is 9.97. The predicted molar refractivity (Wildman–Crippen MR) is 97.7 cm³/mol. The van der Waals surface area contributed by atoms with Gasteiger partial charge in [-0.15, -0.1) is 0 Å². The summed E-state index contributed by atoms with van der Waals surface area (Å²) in [6.45, 7) is 2.62. The summed E-state index contributed by atoms with van der Waals surface area (Å²) in [7, 11) is 2.03. The minimum Gasteiger partial charge on any atom is -0.394 e. The van der Waals surface area contributed by atoms with Gasteiger partial charge in [-0.25, -0.2) is 0 Å². The molecule has 0 aromatic carbocycles. The number of hydrogen-bond acceptors (Lipinski definition) is 3. The van der Waals surface area contributed by atoms with Gasteiger partial charge in [0.25, 0.3) is 0 Å². The first-order chi connectivity index (χ1) is 11.5. The summed E-state index contributed by atoms with van der Waals surface area (Å²) < 4.78 is 8.01. The molecule has 1 fully saturated rings. The van der Waals surface area contributed by atoms with Gasteiger partial charge in [0.1, 0.15) is 0 Å². The summed E-state index contributed by atoms with van der Waals surface area (Å²) in [5, 5.41) is 9.24. The second-order valence-corrected chi connectivity index (χ2v) is 7.26. The van der Waals surface area contributed by atoms with Crippen molar-refractivity contribution in [1.82, 2.24) is 4.57 Å². The van der Waals surface area contributed by atoms with Crippen LogP contribution in [0.1, 0.15) is 63.3 Å². The van der Waals surface area contributed by atoms with Crippen LogP contribution in [0.2, 0.25) is 0 Å². The Morgan fingerprint density at radius 3 is 2.79 bits per heavy atom. The minimum atomic E-state index is -0.521. The zero-order valence-electron chi connectivity index (χ0n) is 15.2. The first-order valence-corrected chi connectivity index (χ1v) is 9.17. The Balaban J connectivity index is 1.77. The lowest BCUT2D eigenvalue weighted by Gasteiger charge is -2.21. The number of aryl methyl sites for hydroxylation is 1. The Kier molecular flexibility index (Phi) is 7.36. The highest BCUT2D eigenvalue weighted by molar-refractivity contribution is 5.32. The molecule has 1 aliphatic rings. The molecule has 0 amide bonds. The molecule has 1 aromatic rings. The van der Waals surface area contributed by atoms with E-state index in [4.69, 9.17) is 10.5 Å². The molecule has 1 unspecified atom stereocenters. The van der Waals surface area contributed by atoms with E-state index in [9.17, 15) is 5.11 Å². The lowest BCUT2D eigenvalue weighted by molar-refractivity contribution is 0.0320. The summed E-state index contributed by atoms with van der Waals surface area (Å²) in [4.78, 5) is 0. The molecule has 1 saturated carbocycles. The van der Waals surface area contributed by atoms with Crippen molar-refractivity contribution in [3.8, 4) is 11.8 Å². The second kappa shape index (κ2) is 9.27. The zero-order chi connectivity index (χ0) is 17.4. The van der Waals surface area contributed by atoms with E-state index in [0.29, 0.717) is 6.10 Å². The Bertz CT molecular complexity index is 560. The van der Waals surface area contributed by atoms with Crippen LogP contribution >= 0.6 is 0 Å². The fourth-order valence-corrected chi connectivity index (χ4v) is 3.08. The SMILES string of the molecule is Cn1c(C#CCCOC2CCCCC2)ccc1CCC(C)(N)CO. The van der Waals surface area contributed by atoms with Gasteiger partial charge in [0, 0.05) is 24.7 Å². The third-order valence-corrected chi connectivity index (χ3v) is 4.89. The maximum absolute atomic E-state index is 9.24. The van der Waals surface area contributed by atoms with Crippen LogP contribution in [0, 0.1) is 11.8 Å². The smallest absolute Gasteiger partial charge is 0.0919 e. The average Bonchev–Trinajstić information content (AvgIpc) is 2.94. The maximum Gasteiger partial charge on any atom is 0.0919 e. The highest BCUT2D eigenvalue weighted by Gasteiger charge is 2.17. The van der Waals surface area contributed by atoms with Gasteiger partial charge < -0.3 is 20.1 Å². The molecule has 24 heavy (non-hydrogen) atoms. The summed E-state index contributed by atoms with van der Waals surface area (Å²) >= 11 is 0. The van der Waals surface area contributed by atoms with Crippen LogP contribution in [0.15, 0.2) is 12.1 Å². The van der Waals surface area contributed by atoms with Gasteiger partial charge in [-0.3, -0.25) is 0 Å². The highest BCUT2D eigenvalue weighted by atomic mass is 16.5. The van der Waals surface area contributed by atoms with Gasteiger partial charge in [0.15, 0.2) is 0 Å². The van der Waals surface area contributed by atoms with Gasteiger partial charge in [-0.05, 0) is 50.7 Å². The topological polar surface area (TPSA) is 60.4 Å². The summed E-state index contributed by atoms with van der Waals surface area (Å²) in [6, 6.07) is 4.15. The molecule has 1 aliphatic carbocycles. The second-order valence-electron chi connectivity index (χ2n) is 7.26. The van der Waals surface area contributed by atoms with Crippen LogP contribution in [0.25, 0.3) is 0 Å². The van der Waals surface area contributed by atoms with Crippen molar-refractivity contribution in [3.63, 3.8) is 0 Å². The van der Waals surface area contributed by atoms with E-state index in [1.807, 2.05) is 14.0 Å². The average molecular weight is 332 g/mol. The number of aliphatic hydroxyl groups excluding tert-OH is 1. The molecule has 134 valence electrons. The van der Waals surface area contributed by atoms with Crippen molar-refractivity contribution < 1.29 is 9.84 Å². The quantitative estimate of drug-likeness (QED) is 0.596. The molecule has 0 saturated heterocycles. The van der Waals surface area contributed by atoms with Crippen molar-refractivity contribution in [2.45, 2.75) is 69.9 Å². The molecular weight excluding hydrogens is 300 g/mol. The third kappa shape index (κ3) is 5.98. The monoisotopic (exact) mass is 332 g/mol. The maximum atomic E-state index is 9.24. The number of ether oxygens (including phenoxy) is 1. The van der Waals surface area contributed by atoms with E-state index in [1.54, 1.807) is 0 Å². The first kappa shape index (κ1) is 19.1. The number of hydrogen-bond donors (Lipinski definition) is 2. The van der Waals surface area contributed by atoms with Crippen LogP contribution in [0.3, 0.4) is 0 Å². The fourth-order valence-electron chi connectivity index (χ4n) is 3.08. The largest absolute Gasteiger partial charge is 0.394 e. The van der Waals surface area contributed by atoms with Gasteiger partial charge in [-0.1, -0.05) is 25.2 Å². The van der Waals surface area contributed by atoms with Gasteiger partial charge in [0.2, 0.25) is 0 Å². The standard InChI is InChI=1S/C20H32N2O2/c1-20(21,16-23)14-13-18-12-11-17(22(18)2)8-6-7-15-24-19-9-4-3-5-10-19/h11-12,19,23H,3-5,7,9-10,13-16,21H2,1-2H3. The van der Waals surface area contributed by atoms with E-state index in [0.717, 1.165) is 31.6 Å². The van der Waals surface area contributed by atoms with E-state index in [-0.39, 0.29) is 6.61 Å². The molecule has 2 rings (SSSR count). The molecule has 3 N–H and O–H groups in total. The van der Waals surface area contributed by atoms with E-state index >= 15 is 0 Å². The Morgan fingerprint density at radius 1 is 1.33 bits per heavy atom. The number of nitrogens with zero attached hydrogens (tertiary/aromatic N) is 1. The third-order valence-electron chi connectivity index (χ3n) is 4.89. The van der Waals surface area contributed by atoms with Crippen LogP contribution in [-0.4, -0.2) is 34.5 Å². The van der Waals surface area contributed by atoms with Crippen LogP contribution in [-0.2, 0) is 18.2 Å². The van der Waals surface area contributed by atoms with E-state index in [1.165, 1.54) is 37.8 Å². The Labute approximate surface area is 146 Å². The van der Waals surface area contributed by atoms with Crippen molar-refractivity contribution in [2.24, 2.45) is 12.8 Å². The minimum absolute atomic E-state index is 0.00504. The summed E-state index contributed by atoms with van der Waals surface area (Å²) in [5.41, 5.74) is 7.69. The van der Waals surface area contributed by atoms with Gasteiger partial charge >= 0.3 is 0 Å². The van der Waals surface area contributed by atoms with Gasteiger partial charge in [0.05, 0.1) is 25.0 Å². The zero-order valence-corrected chi connectivity index (χ0v) is 15.2. The molecule has 0 spiro atoms. The Hall–Kier alpha value is -1.28. The first-order valence-electron chi connectivity index (χ1n) is 9.17.